The Labute approximate surface area is 189 Å². The molecule has 0 bridgehead atoms. The van der Waals surface area contributed by atoms with Gasteiger partial charge in [-0.15, -0.1) is 11.3 Å². The van der Waals surface area contributed by atoms with Crippen LogP contribution < -0.4 is 10.3 Å². The van der Waals surface area contributed by atoms with E-state index in [-0.39, 0.29) is 4.90 Å². The van der Waals surface area contributed by atoms with Crippen molar-refractivity contribution in [2.75, 3.05) is 0 Å². The summed E-state index contributed by atoms with van der Waals surface area (Å²) in [6.45, 7) is 5.39. The zero-order valence-electron chi connectivity index (χ0n) is 17.7. The van der Waals surface area contributed by atoms with E-state index in [1.54, 1.807) is 12.1 Å². The monoisotopic (exact) mass is 467 g/mol. The van der Waals surface area contributed by atoms with Crippen LogP contribution in [-0.4, -0.2) is 23.9 Å². The third kappa shape index (κ3) is 4.21. The van der Waals surface area contributed by atoms with Crippen LogP contribution in [0.15, 0.2) is 63.9 Å². The van der Waals surface area contributed by atoms with Gasteiger partial charge in [0.05, 0.1) is 16.6 Å². The van der Waals surface area contributed by atoms with Crippen LogP contribution >= 0.6 is 11.3 Å². The summed E-state index contributed by atoms with van der Waals surface area (Å²) in [4.78, 5) is 30.4. The van der Waals surface area contributed by atoms with Crippen molar-refractivity contribution >= 4 is 37.5 Å². The van der Waals surface area contributed by atoms with Crippen LogP contribution in [-0.2, 0) is 21.4 Å². The van der Waals surface area contributed by atoms with Gasteiger partial charge in [0.2, 0.25) is 0 Å². The lowest BCUT2D eigenvalue weighted by Crippen LogP contribution is -2.36. The number of benzene rings is 2. The first-order valence-corrected chi connectivity index (χ1v) is 12.2. The molecule has 7 nitrogen and oxygen atoms in total. The summed E-state index contributed by atoms with van der Waals surface area (Å²) in [7, 11) is -4.03. The summed E-state index contributed by atoms with van der Waals surface area (Å²) in [5, 5.41) is 2.28. The number of carbonyl (C=O) groups is 1. The van der Waals surface area contributed by atoms with Crippen LogP contribution in [0.2, 0.25) is 0 Å². The number of amides is 1. The Kier molecular flexibility index (Phi) is 5.70. The van der Waals surface area contributed by atoms with E-state index in [9.17, 15) is 18.0 Å². The normalized spacial score (nSPS) is 11.6. The predicted octanol–water partition coefficient (Wildman–Crippen LogP) is 3.56. The molecule has 0 saturated carbocycles. The molecule has 4 rings (SSSR count). The Bertz CT molecular complexity index is 1500. The summed E-state index contributed by atoms with van der Waals surface area (Å²) in [5.74, 6) is -0.822. The predicted molar refractivity (Wildman–Crippen MR) is 125 cm³/mol. The number of nitrogens with zero attached hydrogens (tertiary/aromatic N) is 2. The Balaban J connectivity index is 1.64. The second kappa shape index (κ2) is 8.33. The zero-order valence-corrected chi connectivity index (χ0v) is 19.4. The molecule has 0 saturated heterocycles. The van der Waals surface area contributed by atoms with Crippen LogP contribution in [0.4, 0.5) is 0 Å². The van der Waals surface area contributed by atoms with Crippen LogP contribution in [0.1, 0.15) is 16.7 Å². The maximum absolute atomic E-state index is 13.1. The molecular formula is C23H21N3O4S2. The molecule has 32 heavy (non-hydrogen) atoms. The highest BCUT2D eigenvalue weighted by atomic mass is 32.2. The SMILES string of the molecule is Cc1ccc(S(=O)(=O)NC(=O)Cn2cnc3scc(-c4ccc(C)c(C)c4)c3c2=O)cc1. The van der Waals surface area contributed by atoms with E-state index in [4.69, 9.17) is 0 Å². The van der Waals surface area contributed by atoms with E-state index in [0.29, 0.717) is 10.2 Å². The molecule has 1 N–H and O–H groups in total. The number of aromatic nitrogens is 2. The van der Waals surface area contributed by atoms with Gasteiger partial charge >= 0.3 is 0 Å². The average molecular weight is 468 g/mol. The number of hydrogen-bond donors (Lipinski definition) is 1. The quantitative estimate of drug-likeness (QED) is 0.484. The fourth-order valence-electron chi connectivity index (χ4n) is 3.31. The number of hydrogen-bond acceptors (Lipinski definition) is 6. The molecule has 0 aliphatic rings. The van der Waals surface area contributed by atoms with Gasteiger partial charge in [-0.05, 0) is 49.6 Å². The number of rotatable bonds is 5. The van der Waals surface area contributed by atoms with Crippen LogP contribution in [0.25, 0.3) is 21.3 Å². The average Bonchev–Trinajstić information content (AvgIpc) is 3.17. The van der Waals surface area contributed by atoms with Crippen molar-refractivity contribution in [3.63, 3.8) is 0 Å². The van der Waals surface area contributed by atoms with Crippen molar-refractivity contribution in [1.29, 1.82) is 0 Å². The minimum absolute atomic E-state index is 0.0211. The van der Waals surface area contributed by atoms with E-state index in [0.717, 1.165) is 32.4 Å². The first kappa shape index (κ1) is 21.9. The lowest BCUT2D eigenvalue weighted by Gasteiger charge is -2.09. The first-order valence-electron chi connectivity index (χ1n) is 9.82. The highest BCUT2D eigenvalue weighted by molar-refractivity contribution is 7.90. The maximum atomic E-state index is 13.1. The summed E-state index contributed by atoms with van der Waals surface area (Å²) in [6.07, 6.45) is 1.27. The van der Waals surface area contributed by atoms with Crippen LogP contribution in [0.5, 0.6) is 0 Å². The molecule has 164 valence electrons. The van der Waals surface area contributed by atoms with Crippen molar-refractivity contribution < 1.29 is 13.2 Å². The fourth-order valence-corrected chi connectivity index (χ4v) is 5.20. The van der Waals surface area contributed by atoms with Gasteiger partial charge in [0, 0.05) is 10.9 Å². The van der Waals surface area contributed by atoms with E-state index >= 15 is 0 Å². The smallest absolute Gasteiger partial charge is 0.264 e. The number of thiophene rings is 1. The molecular weight excluding hydrogens is 446 g/mol. The number of aryl methyl sites for hydroxylation is 3. The number of fused-ring (bicyclic) bond motifs is 1. The molecule has 0 atom stereocenters. The molecule has 0 aliphatic heterocycles. The minimum Gasteiger partial charge on any atom is -0.289 e. The van der Waals surface area contributed by atoms with Gasteiger partial charge in [-0.1, -0.05) is 35.9 Å². The van der Waals surface area contributed by atoms with E-state index < -0.39 is 28.0 Å². The van der Waals surface area contributed by atoms with Gasteiger partial charge in [0.1, 0.15) is 11.4 Å². The van der Waals surface area contributed by atoms with Gasteiger partial charge in [0.15, 0.2) is 0 Å². The van der Waals surface area contributed by atoms with Crippen LogP contribution in [0, 0.1) is 20.8 Å². The maximum Gasteiger partial charge on any atom is 0.264 e. The highest BCUT2D eigenvalue weighted by Crippen LogP contribution is 2.31. The molecule has 0 aliphatic carbocycles. The van der Waals surface area contributed by atoms with Crippen molar-refractivity contribution in [1.82, 2.24) is 14.3 Å². The molecule has 0 spiro atoms. The molecule has 0 radical (unpaired) electrons. The summed E-state index contributed by atoms with van der Waals surface area (Å²) in [6, 6.07) is 12.1. The lowest BCUT2D eigenvalue weighted by molar-refractivity contribution is -0.119. The molecule has 2 aromatic carbocycles. The van der Waals surface area contributed by atoms with Crippen molar-refractivity contribution in [2.24, 2.45) is 0 Å². The topological polar surface area (TPSA) is 98.1 Å². The lowest BCUT2D eigenvalue weighted by atomic mass is 10.0. The third-order valence-electron chi connectivity index (χ3n) is 5.27. The number of nitrogens with one attached hydrogen (secondary N) is 1. The van der Waals surface area contributed by atoms with Gasteiger partial charge in [-0.25, -0.2) is 18.1 Å². The van der Waals surface area contributed by atoms with Crippen molar-refractivity contribution in [2.45, 2.75) is 32.2 Å². The van der Waals surface area contributed by atoms with E-state index in [1.807, 2.05) is 49.1 Å². The zero-order chi connectivity index (χ0) is 23.0. The summed E-state index contributed by atoms with van der Waals surface area (Å²) >= 11 is 1.35. The van der Waals surface area contributed by atoms with Crippen LogP contribution in [0.3, 0.4) is 0 Å². The molecule has 9 heteroatoms. The molecule has 0 unspecified atom stereocenters. The standard InChI is InChI=1S/C23H21N3O4S2/c1-14-4-8-18(9-5-14)32(29,30)25-20(27)11-26-13-24-22-21(23(26)28)19(12-31-22)17-7-6-15(2)16(3)10-17/h4-10,12-13H,11H2,1-3H3,(H,25,27). The van der Waals surface area contributed by atoms with Gasteiger partial charge in [-0.2, -0.15) is 0 Å². The number of carbonyl (C=O) groups excluding carboxylic acids is 1. The molecule has 2 aromatic heterocycles. The fraction of sp³-hybridized carbons (Fsp3) is 0.174. The van der Waals surface area contributed by atoms with Crippen molar-refractivity contribution in [3.8, 4) is 11.1 Å². The first-order chi connectivity index (χ1) is 15.2. The second-order valence-electron chi connectivity index (χ2n) is 7.65. The number of sulfonamides is 1. The highest BCUT2D eigenvalue weighted by Gasteiger charge is 2.19. The Morgan fingerprint density at radius 2 is 1.78 bits per heavy atom. The van der Waals surface area contributed by atoms with Gasteiger partial charge in [0.25, 0.3) is 21.5 Å². The van der Waals surface area contributed by atoms with E-state index in [1.165, 1.54) is 29.8 Å². The largest absolute Gasteiger partial charge is 0.289 e. The Morgan fingerprint density at radius 1 is 1.06 bits per heavy atom. The molecule has 4 aromatic rings. The third-order valence-corrected chi connectivity index (χ3v) is 7.55. The Hall–Kier alpha value is -3.30. The van der Waals surface area contributed by atoms with Gasteiger partial charge in [-0.3, -0.25) is 14.2 Å². The Morgan fingerprint density at radius 3 is 2.47 bits per heavy atom. The summed E-state index contributed by atoms with van der Waals surface area (Å²) in [5.41, 5.74) is 4.39. The van der Waals surface area contributed by atoms with Crippen molar-refractivity contribution in [3.05, 3.63) is 81.2 Å². The minimum atomic E-state index is -4.03. The molecule has 0 fully saturated rings. The summed E-state index contributed by atoms with van der Waals surface area (Å²) < 4.78 is 28.1. The van der Waals surface area contributed by atoms with Gasteiger partial charge < -0.3 is 0 Å². The molecule has 1 amide bonds. The molecule has 2 heterocycles. The van der Waals surface area contributed by atoms with E-state index in [2.05, 4.69) is 4.98 Å². The second-order valence-corrected chi connectivity index (χ2v) is 10.2.